The van der Waals surface area contributed by atoms with Crippen LogP contribution in [0.5, 0.6) is 0 Å². The van der Waals surface area contributed by atoms with Crippen molar-refractivity contribution in [2.24, 2.45) is 0 Å². The van der Waals surface area contributed by atoms with E-state index in [4.69, 9.17) is 9.47 Å². The zero-order valence-electron chi connectivity index (χ0n) is 14.6. The molecule has 1 aliphatic rings. The predicted molar refractivity (Wildman–Crippen MR) is 91.0 cm³/mol. The van der Waals surface area contributed by atoms with Gasteiger partial charge in [-0.15, -0.1) is 0 Å². The Balaban J connectivity index is 2.86. The summed E-state index contributed by atoms with van der Waals surface area (Å²) >= 11 is 0. The molecule has 0 spiro atoms. The Kier molecular flexibility index (Phi) is 10.1. The van der Waals surface area contributed by atoms with Crippen LogP contribution >= 0.6 is 0 Å². The number of hydrogen-bond acceptors (Lipinski definition) is 4. The summed E-state index contributed by atoms with van der Waals surface area (Å²) in [6, 6.07) is 0. The third-order valence-electron chi connectivity index (χ3n) is 4.19. The average Bonchev–Trinajstić information content (AvgIpc) is 2.56. The number of ketones is 1. The summed E-state index contributed by atoms with van der Waals surface area (Å²) < 4.78 is 10.1. The molecular weight excluding hydrogens is 292 g/mol. The molecule has 0 unspecified atom stereocenters. The third-order valence-corrected chi connectivity index (χ3v) is 4.19. The van der Waals surface area contributed by atoms with Gasteiger partial charge in [0, 0.05) is 24.1 Å². The van der Waals surface area contributed by atoms with Gasteiger partial charge >= 0.3 is 5.97 Å². The first-order valence-corrected chi connectivity index (χ1v) is 8.74. The van der Waals surface area contributed by atoms with Crippen LogP contribution in [0.2, 0.25) is 0 Å². The van der Waals surface area contributed by atoms with Crippen LogP contribution in [-0.2, 0) is 19.1 Å². The lowest BCUT2D eigenvalue weighted by Gasteiger charge is -2.11. The second-order valence-corrected chi connectivity index (χ2v) is 6.05. The molecule has 0 N–H and O–H groups in total. The lowest BCUT2D eigenvalue weighted by Crippen LogP contribution is -2.04. The summed E-state index contributed by atoms with van der Waals surface area (Å²) in [5.41, 5.74) is 0.752. The first kappa shape index (κ1) is 19.5. The van der Waals surface area contributed by atoms with E-state index < -0.39 is 5.97 Å². The van der Waals surface area contributed by atoms with E-state index >= 15 is 0 Å². The van der Waals surface area contributed by atoms with Gasteiger partial charge in [0.1, 0.15) is 5.76 Å². The van der Waals surface area contributed by atoms with E-state index in [1.54, 1.807) is 7.11 Å². The van der Waals surface area contributed by atoms with Gasteiger partial charge in [0.2, 0.25) is 0 Å². The number of carbonyl (C=O) groups excluding carboxylic acids is 2. The molecule has 4 heteroatoms. The fraction of sp³-hybridized carbons (Fsp3) is 0.684. The third kappa shape index (κ3) is 8.58. The second-order valence-electron chi connectivity index (χ2n) is 6.05. The number of rotatable bonds is 2. The van der Waals surface area contributed by atoms with Crippen LogP contribution in [0.25, 0.3) is 0 Å². The van der Waals surface area contributed by atoms with E-state index in [0.29, 0.717) is 12.2 Å². The topological polar surface area (TPSA) is 52.6 Å². The van der Waals surface area contributed by atoms with E-state index in [2.05, 4.69) is 0 Å². The van der Waals surface area contributed by atoms with Gasteiger partial charge in [-0.1, -0.05) is 44.9 Å². The van der Waals surface area contributed by atoms with E-state index in [1.165, 1.54) is 51.4 Å². The molecule has 23 heavy (non-hydrogen) atoms. The molecule has 0 aliphatic heterocycles. The number of ether oxygens (including phenoxy) is 2. The van der Waals surface area contributed by atoms with Gasteiger partial charge < -0.3 is 9.47 Å². The average molecular weight is 322 g/mol. The highest BCUT2D eigenvalue weighted by Gasteiger charge is 2.11. The van der Waals surface area contributed by atoms with E-state index in [9.17, 15) is 9.59 Å². The van der Waals surface area contributed by atoms with E-state index in [0.717, 1.165) is 37.7 Å². The van der Waals surface area contributed by atoms with Gasteiger partial charge in [-0.05, 0) is 19.3 Å². The van der Waals surface area contributed by atoms with Gasteiger partial charge in [0.05, 0.1) is 14.2 Å². The van der Waals surface area contributed by atoms with E-state index in [-0.39, 0.29) is 5.78 Å². The normalized spacial score (nSPS) is 23.3. The number of hydrogen-bond donors (Lipinski definition) is 0. The molecule has 0 bridgehead atoms. The van der Waals surface area contributed by atoms with Crippen LogP contribution in [-0.4, -0.2) is 26.0 Å². The van der Waals surface area contributed by atoms with Crippen LogP contribution in [0.1, 0.15) is 70.6 Å². The van der Waals surface area contributed by atoms with Gasteiger partial charge in [0.15, 0.2) is 5.78 Å². The maximum Gasteiger partial charge on any atom is 0.330 e. The highest BCUT2D eigenvalue weighted by molar-refractivity contribution is 5.91. The van der Waals surface area contributed by atoms with Crippen LogP contribution < -0.4 is 0 Å². The molecule has 1 rings (SSSR count). The molecule has 0 aromatic heterocycles. The van der Waals surface area contributed by atoms with Crippen molar-refractivity contribution >= 4 is 11.8 Å². The quantitative estimate of drug-likeness (QED) is 0.555. The first-order valence-electron chi connectivity index (χ1n) is 8.74. The summed E-state index contributed by atoms with van der Waals surface area (Å²) in [7, 11) is 2.89. The number of methoxy groups -OCH3 is 2. The maximum absolute atomic E-state index is 12.1. The molecule has 0 amide bonds. The monoisotopic (exact) mass is 322 g/mol. The summed E-state index contributed by atoms with van der Waals surface area (Å²) in [6.45, 7) is 0. The van der Waals surface area contributed by atoms with Gasteiger partial charge in [0.25, 0.3) is 0 Å². The van der Waals surface area contributed by atoms with Gasteiger partial charge in [-0.3, -0.25) is 4.79 Å². The highest BCUT2D eigenvalue weighted by Crippen LogP contribution is 2.21. The molecule has 0 saturated heterocycles. The van der Waals surface area contributed by atoms with Crippen molar-refractivity contribution in [3.05, 3.63) is 23.5 Å². The second kappa shape index (κ2) is 11.9. The minimum Gasteiger partial charge on any atom is -0.496 e. The van der Waals surface area contributed by atoms with Crippen molar-refractivity contribution in [1.29, 1.82) is 0 Å². The lowest BCUT2D eigenvalue weighted by molar-refractivity contribution is -0.134. The molecule has 0 aromatic carbocycles. The Bertz CT molecular complexity index is 435. The Hall–Kier alpha value is -1.58. The van der Waals surface area contributed by atoms with Crippen molar-refractivity contribution < 1.29 is 19.1 Å². The summed E-state index contributed by atoms with van der Waals surface area (Å²) in [4.78, 5) is 23.7. The molecule has 0 saturated carbocycles. The summed E-state index contributed by atoms with van der Waals surface area (Å²) in [5.74, 6) is 0.149. The SMILES string of the molecule is COC(=O)/C=C1CCCCCCCCCCCC(=O)/C=C\1OC. The Morgan fingerprint density at radius 3 is 1.96 bits per heavy atom. The molecular formula is C19H30O4. The smallest absolute Gasteiger partial charge is 0.330 e. The Morgan fingerprint density at radius 2 is 1.43 bits per heavy atom. The Labute approximate surface area is 139 Å². The molecule has 0 aromatic rings. The fourth-order valence-corrected chi connectivity index (χ4v) is 2.82. The number of esters is 1. The maximum atomic E-state index is 12.1. The molecule has 4 nitrogen and oxygen atoms in total. The van der Waals surface area contributed by atoms with Gasteiger partial charge in [-0.2, -0.15) is 0 Å². The van der Waals surface area contributed by atoms with Crippen molar-refractivity contribution in [3.63, 3.8) is 0 Å². The Morgan fingerprint density at radius 1 is 0.913 bits per heavy atom. The lowest BCUT2D eigenvalue weighted by atomic mass is 10.0. The molecule has 0 fully saturated rings. The van der Waals surface area contributed by atoms with Crippen LogP contribution in [0.3, 0.4) is 0 Å². The standard InChI is InChI=1S/C19H30O4/c1-22-18-15-17(20)13-11-9-7-5-3-4-6-8-10-12-16(18)14-19(21)23-2/h14-15H,3-13H2,1-2H3/b16-14+,18-15+. The van der Waals surface area contributed by atoms with Crippen LogP contribution in [0, 0.1) is 0 Å². The summed E-state index contributed by atoms with van der Waals surface area (Å²) in [6.07, 6.45) is 14.6. The molecule has 0 radical (unpaired) electrons. The number of carbonyl (C=O) groups is 2. The highest BCUT2D eigenvalue weighted by atomic mass is 16.5. The van der Waals surface area contributed by atoms with Crippen LogP contribution in [0.4, 0.5) is 0 Å². The molecule has 130 valence electrons. The first-order chi connectivity index (χ1) is 11.2. The van der Waals surface area contributed by atoms with Crippen molar-refractivity contribution in [1.82, 2.24) is 0 Å². The largest absolute Gasteiger partial charge is 0.496 e. The predicted octanol–water partition coefficient (Wildman–Crippen LogP) is 4.49. The van der Waals surface area contributed by atoms with E-state index in [1.807, 2.05) is 0 Å². The zero-order chi connectivity index (χ0) is 16.9. The minimum absolute atomic E-state index is 0.0625. The summed E-state index contributed by atoms with van der Waals surface area (Å²) in [5, 5.41) is 0. The molecule has 0 atom stereocenters. The van der Waals surface area contributed by atoms with Crippen molar-refractivity contribution in [2.45, 2.75) is 70.6 Å². The van der Waals surface area contributed by atoms with Crippen molar-refractivity contribution in [2.75, 3.05) is 14.2 Å². The fourth-order valence-electron chi connectivity index (χ4n) is 2.82. The molecule has 1 aliphatic carbocycles. The van der Waals surface area contributed by atoms with Gasteiger partial charge in [-0.25, -0.2) is 4.79 Å². The molecule has 0 heterocycles. The minimum atomic E-state index is -0.409. The zero-order valence-corrected chi connectivity index (χ0v) is 14.6. The van der Waals surface area contributed by atoms with Crippen LogP contribution in [0.15, 0.2) is 23.5 Å². The number of allylic oxidation sites excluding steroid dienone is 2. The van der Waals surface area contributed by atoms with Crippen molar-refractivity contribution in [3.8, 4) is 0 Å².